The number of hydrogen-bond acceptors (Lipinski definition) is 4. The molecule has 3 unspecified atom stereocenters. The number of carboxylic acid groups (broad SMARTS) is 1. The molecule has 0 saturated heterocycles. The van der Waals surface area contributed by atoms with Gasteiger partial charge in [0.05, 0.1) is 16.6 Å². The number of thiazole rings is 1. The highest BCUT2D eigenvalue weighted by Gasteiger charge is 2.28. The van der Waals surface area contributed by atoms with Gasteiger partial charge in [0.1, 0.15) is 0 Å². The fourth-order valence-corrected chi connectivity index (χ4v) is 3.88. The molecule has 1 aliphatic carbocycles. The van der Waals surface area contributed by atoms with Crippen molar-refractivity contribution in [3.63, 3.8) is 0 Å². The quantitative estimate of drug-likeness (QED) is 0.891. The van der Waals surface area contributed by atoms with Crippen LogP contribution in [0.1, 0.15) is 54.2 Å². The van der Waals surface area contributed by atoms with Gasteiger partial charge in [0.2, 0.25) is 0 Å². The molecule has 5 heteroatoms. The molecule has 0 amide bonds. The molecule has 106 valence electrons. The fraction of sp³-hybridized carbons (Fsp3) is 0.714. The standard InChI is InChI=1S/C14H22N2O2S/c1-8-13(19-10(3)15-8)9(2)16-12-6-4-5-11(7-12)14(17)18/h9,11-12,16H,4-7H2,1-3H3,(H,17,18). The molecule has 2 N–H and O–H groups in total. The molecule has 2 rings (SSSR count). The van der Waals surface area contributed by atoms with Gasteiger partial charge in [0.25, 0.3) is 0 Å². The second-order valence-electron chi connectivity index (χ2n) is 5.47. The SMILES string of the molecule is Cc1nc(C)c(C(C)NC2CCCC(C(=O)O)C2)s1. The first-order valence-electron chi connectivity index (χ1n) is 6.90. The van der Waals surface area contributed by atoms with Crippen LogP contribution in [0.2, 0.25) is 0 Å². The smallest absolute Gasteiger partial charge is 0.306 e. The highest BCUT2D eigenvalue weighted by Crippen LogP contribution is 2.29. The van der Waals surface area contributed by atoms with Crippen LogP contribution in [0.3, 0.4) is 0 Å². The lowest BCUT2D eigenvalue weighted by molar-refractivity contribution is -0.143. The van der Waals surface area contributed by atoms with Gasteiger partial charge in [-0.25, -0.2) is 4.98 Å². The van der Waals surface area contributed by atoms with Crippen molar-refractivity contribution < 1.29 is 9.90 Å². The number of aryl methyl sites for hydroxylation is 2. The third-order valence-corrected chi connectivity index (χ3v) is 5.10. The van der Waals surface area contributed by atoms with Crippen LogP contribution < -0.4 is 5.32 Å². The molecular formula is C14H22N2O2S. The molecule has 0 aliphatic heterocycles. The lowest BCUT2D eigenvalue weighted by atomic mass is 9.85. The van der Waals surface area contributed by atoms with E-state index < -0.39 is 5.97 Å². The van der Waals surface area contributed by atoms with Gasteiger partial charge in [0, 0.05) is 17.0 Å². The Labute approximate surface area is 118 Å². The molecule has 1 aliphatic rings. The van der Waals surface area contributed by atoms with E-state index in [2.05, 4.69) is 17.2 Å². The molecule has 1 fully saturated rings. The Bertz CT molecular complexity index is 458. The van der Waals surface area contributed by atoms with Crippen LogP contribution in [0.25, 0.3) is 0 Å². The Balaban J connectivity index is 1.97. The molecule has 0 spiro atoms. The van der Waals surface area contributed by atoms with Gasteiger partial charge in [-0.1, -0.05) is 6.42 Å². The largest absolute Gasteiger partial charge is 0.481 e. The number of rotatable bonds is 4. The molecule has 4 nitrogen and oxygen atoms in total. The summed E-state index contributed by atoms with van der Waals surface area (Å²) < 4.78 is 0. The Morgan fingerprint density at radius 1 is 1.47 bits per heavy atom. The average molecular weight is 282 g/mol. The van der Waals surface area contributed by atoms with Crippen molar-refractivity contribution in [1.82, 2.24) is 10.3 Å². The summed E-state index contributed by atoms with van der Waals surface area (Å²) >= 11 is 1.73. The van der Waals surface area contributed by atoms with Gasteiger partial charge in [-0.15, -0.1) is 11.3 Å². The monoisotopic (exact) mass is 282 g/mol. The molecule has 0 radical (unpaired) electrons. The highest BCUT2D eigenvalue weighted by molar-refractivity contribution is 7.11. The van der Waals surface area contributed by atoms with E-state index in [9.17, 15) is 4.79 Å². The van der Waals surface area contributed by atoms with E-state index in [1.165, 1.54) is 4.88 Å². The minimum Gasteiger partial charge on any atom is -0.481 e. The molecule has 1 saturated carbocycles. The zero-order chi connectivity index (χ0) is 14.0. The minimum atomic E-state index is -0.649. The second-order valence-corrected chi connectivity index (χ2v) is 6.70. The van der Waals surface area contributed by atoms with Gasteiger partial charge < -0.3 is 10.4 Å². The maximum absolute atomic E-state index is 11.1. The van der Waals surface area contributed by atoms with Crippen LogP contribution >= 0.6 is 11.3 Å². The normalized spacial score (nSPS) is 25.2. The van der Waals surface area contributed by atoms with Crippen molar-refractivity contribution in [1.29, 1.82) is 0 Å². The summed E-state index contributed by atoms with van der Waals surface area (Å²) in [5, 5.41) is 13.8. The summed E-state index contributed by atoms with van der Waals surface area (Å²) in [5.74, 6) is -0.827. The summed E-state index contributed by atoms with van der Waals surface area (Å²) in [6, 6.07) is 0.565. The maximum Gasteiger partial charge on any atom is 0.306 e. The number of nitrogens with zero attached hydrogens (tertiary/aromatic N) is 1. The van der Waals surface area contributed by atoms with Crippen molar-refractivity contribution in [3.05, 3.63) is 15.6 Å². The van der Waals surface area contributed by atoms with E-state index >= 15 is 0 Å². The lowest BCUT2D eigenvalue weighted by Crippen LogP contribution is -2.37. The van der Waals surface area contributed by atoms with Crippen molar-refractivity contribution in [2.24, 2.45) is 5.92 Å². The van der Waals surface area contributed by atoms with Crippen molar-refractivity contribution in [2.45, 2.75) is 58.5 Å². The Kier molecular flexibility index (Phi) is 4.58. The zero-order valence-corrected chi connectivity index (χ0v) is 12.6. The Morgan fingerprint density at radius 2 is 2.21 bits per heavy atom. The molecule has 0 aromatic carbocycles. The van der Waals surface area contributed by atoms with Crippen molar-refractivity contribution >= 4 is 17.3 Å². The third kappa shape index (κ3) is 3.54. The molecular weight excluding hydrogens is 260 g/mol. The topological polar surface area (TPSA) is 62.2 Å². The Morgan fingerprint density at radius 3 is 2.79 bits per heavy atom. The van der Waals surface area contributed by atoms with E-state index in [4.69, 9.17) is 5.11 Å². The van der Waals surface area contributed by atoms with Crippen LogP contribution in [0.4, 0.5) is 0 Å². The number of carbonyl (C=O) groups is 1. The van der Waals surface area contributed by atoms with Crippen LogP contribution in [0, 0.1) is 19.8 Å². The van der Waals surface area contributed by atoms with Crippen LogP contribution in [0.15, 0.2) is 0 Å². The first-order valence-corrected chi connectivity index (χ1v) is 7.71. The summed E-state index contributed by atoms with van der Waals surface area (Å²) in [6.07, 6.45) is 3.64. The third-order valence-electron chi connectivity index (χ3n) is 3.84. The number of aliphatic carboxylic acids is 1. The van der Waals surface area contributed by atoms with E-state index in [1.54, 1.807) is 11.3 Å². The number of nitrogens with one attached hydrogen (secondary N) is 1. The summed E-state index contributed by atoms with van der Waals surface area (Å²) in [5.41, 5.74) is 1.09. The van der Waals surface area contributed by atoms with Gasteiger partial charge in [-0.3, -0.25) is 4.79 Å². The second kappa shape index (κ2) is 6.01. The highest BCUT2D eigenvalue weighted by atomic mass is 32.1. The van der Waals surface area contributed by atoms with E-state index in [0.717, 1.165) is 36.4 Å². The predicted molar refractivity (Wildman–Crippen MR) is 76.5 cm³/mol. The number of aromatic nitrogens is 1. The van der Waals surface area contributed by atoms with Crippen LogP contribution in [-0.4, -0.2) is 22.1 Å². The lowest BCUT2D eigenvalue weighted by Gasteiger charge is -2.29. The fourth-order valence-electron chi connectivity index (χ4n) is 2.94. The molecule has 0 bridgehead atoms. The van der Waals surface area contributed by atoms with Gasteiger partial charge >= 0.3 is 5.97 Å². The van der Waals surface area contributed by atoms with Crippen molar-refractivity contribution in [3.8, 4) is 0 Å². The minimum absolute atomic E-state index is 0.178. The van der Waals surface area contributed by atoms with Crippen molar-refractivity contribution in [2.75, 3.05) is 0 Å². The van der Waals surface area contributed by atoms with Crippen LogP contribution in [0.5, 0.6) is 0 Å². The van der Waals surface area contributed by atoms with E-state index in [1.807, 2.05) is 13.8 Å². The number of hydrogen-bond donors (Lipinski definition) is 2. The summed E-state index contributed by atoms with van der Waals surface area (Å²) in [4.78, 5) is 16.8. The molecule has 1 aromatic heterocycles. The van der Waals surface area contributed by atoms with Crippen LogP contribution in [-0.2, 0) is 4.79 Å². The first-order chi connectivity index (χ1) is 8.97. The van der Waals surface area contributed by atoms with Gasteiger partial charge in [0.15, 0.2) is 0 Å². The Hall–Kier alpha value is -0.940. The molecule has 1 aromatic rings. The van der Waals surface area contributed by atoms with E-state index in [0.29, 0.717) is 6.04 Å². The van der Waals surface area contributed by atoms with Gasteiger partial charge in [-0.2, -0.15) is 0 Å². The van der Waals surface area contributed by atoms with E-state index in [-0.39, 0.29) is 12.0 Å². The summed E-state index contributed by atoms with van der Waals surface area (Å²) in [6.45, 7) is 6.21. The average Bonchev–Trinajstić information content (AvgIpc) is 2.69. The maximum atomic E-state index is 11.1. The van der Waals surface area contributed by atoms with Gasteiger partial charge in [-0.05, 0) is 40.0 Å². The number of carboxylic acids is 1. The molecule has 3 atom stereocenters. The summed E-state index contributed by atoms with van der Waals surface area (Å²) in [7, 11) is 0. The molecule has 19 heavy (non-hydrogen) atoms. The first kappa shape index (κ1) is 14.5. The molecule has 1 heterocycles. The predicted octanol–water partition coefficient (Wildman–Crippen LogP) is 3.05. The zero-order valence-electron chi connectivity index (χ0n) is 11.8.